The Bertz CT molecular complexity index is 46.3. The summed E-state index contributed by atoms with van der Waals surface area (Å²) in [6, 6.07) is 0. The van der Waals surface area contributed by atoms with Gasteiger partial charge in [0.05, 0.1) is 0 Å². The molecule has 0 aromatic heterocycles. The molecule has 1 heteroatoms. The molecule has 0 bridgehead atoms. The van der Waals surface area contributed by atoms with E-state index in [-0.39, 0.29) is 39.6 Å². The average molecular weight is 220 g/mol. The van der Waals surface area contributed by atoms with Crippen LogP contribution in [0.5, 0.6) is 0 Å². The van der Waals surface area contributed by atoms with E-state index in [1.54, 1.807) is 0 Å². The van der Waals surface area contributed by atoms with Crippen molar-refractivity contribution >= 4 is 0 Å². The largest absolute Gasteiger partial charge is 0.338 e. The molecule has 1 radical (unpaired) electrons. The van der Waals surface area contributed by atoms with Crippen molar-refractivity contribution in [3.63, 3.8) is 0 Å². The van der Waals surface area contributed by atoms with Gasteiger partial charge in [0.15, 0.2) is 0 Å². The zero-order chi connectivity index (χ0) is 8.08. The smallest absolute Gasteiger partial charge is 0 e. The molecule has 0 aliphatic carbocycles. The Morgan fingerprint density at radius 3 is 1.10 bits per heavy atom. The first kappa shape index (κ1) is 17.3. The predicted octanol–water partition coefficient (Wildman–Crippen LogP) is 3.73. The zero-order valence-corrected chi connectivity index (χ0v) is 11.1. The van der Waals surface area contributed by atoms with E-state index in [1.165, 1.54) is 5.92 Å². The maximum atomic E-state index is 3.77. The molecule has 10 heavy (non-hydrogen) atoms. The van der Waals surface area contributed by atoms with E-state index < -0.39 is 0 Å². The maximum Gasteiger partial charge on any atom is 0 e. The fraction of sp³-hybridized carbons (Fsp3) is 0.778. The van der Waals surface area contributed by atoms with Gasteiger partial charge in [0, 0.05) is 34.1 Å². The normalized spacial score (nSPS) is 9.60. The molecule has 0 saturated heterocycles. The summed E-state index contributed by atoms with van der Waals surface area (Å²) in [6.07, 6.45) is 0. The third kappa shape index (κ3) is 491. The Morgan fingerprint density at radius 1 is 1.10 bits per heavy atom. The van der Waals surface area contributed by atoms with Crippen LogP contribution in [0, 0.1) is 18.3 Å². The summed E-state index contributed by atoms with van der Waals surface area (Å²) >= 11 is 0. The molecule has 0 spiro atoms. The molecule has 0 aromatic carbocycles. The summed E-state index contributed by atoms with van der Waals surface area (Å²) in [5, 5.41) is 0. The van der Waals surface area contributed by atoms with Crippen LogP contribution in [-0.2, 0) is 32.7 Å². The molecule has 0 aliphatic heterocycles. The molecule has 0 atom stereocenters. The Labute approximate surface area is 93.5 Å². The molecule has 0 unspecified atom stereocenters. The van der Waals surface area contributed by atoms with Crippen LogP contribution in [0.2, 0.25) is 0 Å². The van der Waals surface area contributed by atoms with E-state index in [4.69, 9.17) is 0 Å². The molecule has 0 amide bonds. The van der Waals surface area contributed by atoms with Gasteiger partial charge in [-0.2, -0.15) is 26.2 Å². The number of hydrogen-bond donors (Lipinski definition) is 0. The summed E-state index contributed by atoms with van der Waals surface area (Å²) in [5.74, 6) is 1.42. The van der Waals surface area contributed by atoms with Crippen molar-refractivity contribution in [1.82, 2.24) is 0 Å². The number of rotatable bonds is 0. The topological polar surface area (TPSA) is 0 Å². The van der Waals surface area contributed by atoms with Gasteiger partial charge in [-0.3, -0.25) is 0 Å². The van der Waals surface area contributed by atoms with Crippen LogP contribution < -0.4 is 0 Å². The Hall–Kier alpha value is 1.10. The standard InChI is InChI=1S/C5H11.C4H9.Y.H2/c1-5(2,3)4;1-4(2)3;;/h1H2,2-4H3;1-3H3;;1H/q2*-1;;/i;;;1+1. The summed E-state index contributed by atoms with van der Waals surface area (Å²) < 4.78 is 0. The second-order valence-electron chi connectivity index (χ2n) is 4.06. The van der Waals surface area contributed by atoms with Crippen molar-refractivity contribution in [2.75, 3.05) is 0 Å². The van der Waals surface area contributed by atoms with Crippen LogP contribution >= 0.6 is 0 Å². The Kier molecular flexibility index (Phi) is 14.2. The summed E-state index contributed by atoms with van der Waals surface area (Å²) in [4.78, 5) is 0. The molecule has 0 nitrogen and oxygen atoms in total. The van der Waals surface area contributed by atoms with Gasteiger partial charge in [-0.15, -0.1) is 0 Å². The van der Waals surface area contributed by atoms with Crippen molar-refractivity contribution in [3.8, 4) is 0 Å². The second kappa shape index (κ2) is 8.20. The molecule has 0 saturated carbocycles. The van der Waals surface area contributed by atoms with Gasteiger partial charge in [0.2, 0.25) is 0 Å². The van der Waals surface area contributed by atoms with Crippen LogP contribution in [0.15, 0.2) is 0 Å². The van der Waals surface area contributed by atoms with E-state index in [1.807, 2.05) is 0 Å². The van der Waals surface area contributed by atoms with Gasteiger partial charge in [-0.1, -0.05) is 20.8 Å². The van der Waals surface area contributed by atoms with E-state index in [0.717, 1.165) is 0 Å². The molecule has 0 fully saturated rings. The van der Waals surface area contributed by atoms with Gasteiger partial charge < -0.3 is 12.8 Å². The fourth-order valence-corrected chi connectivity index (χ4v) is 0. The Balaban J connectivity index is -0.0000000383. The molecule has 0 N–H and O–H groups in total. The predicted molar refractivity (Wildman–Crippen MR) is 47.2 cm³/mol. The summed E-state index contributed by atoms with van der Waals surface area (Å²) in [6.45, 7) is 16.2. The van der Waals surface area contributed by atoms with Crippen LogP contribution in [0.3, 0.4) is 0 Å². The van der Waals surface area contributed by atoms with Crippen LogP contribution in [0.1, 0.15) is 43.0 Å². The minimum Gasteiger partial charge on any atom is -0.338 e. The van der Waals surface area contributed by atoms with Crippen molar-refractivity contribution in [2.45, 2.75) is 41.5 Å². The Morgan fingerprint density at radius 2 is 1.10 bits per heavy atom. The zero-order valence-electron chi connectivity index (χ0n) is 8.28. The maximum absolute atomic E-state index is 3.77. The van der Waals surface area contributed by atoms with Crippen molar-refractivity contribution in [3.05, 3.63) is 12.8 Å². The van der Waals surface area contributed by atoms with Crippen LogP contribution in [-0.4, -0.2) is 0 Å². The first-order valence-electron chi connectivity index (χ1n) is 3.35. The second-order valence-corrected chi connectivity index (χ2v) is 4.06. The van der Waals surface area contributed by atoms with Gasteiger partial charge in [0.1, 0.15) is 0 Å². The van der Waals surface area contributed by atoms with Crippen molar-refractivity contribution < 1.29 is 34.1 Å². The van der Waals surface area contributed by atoms with E-state index in [9.17, 15) is 0 Å². The van der Waals surface area contributed by atoms with Gasteiger partial charge in [-0.05, 0) is 0 Å². The SMILES string of the molecule is C[C-](C)C.[2HH].[CH2-]C(C)(C)C.[Y]. The van der Waals surface area contributed by atoms with Gasteiger partial charge in [-0.25, -0.2) is 0 Å². The number of hydrogen-bond acceptors (Lipinski definition) is 0. The first-order valence-corrected chi connectivity index (χ1v) is 3.35. The average Bonchev–Trinajstić information content (AvgIpc) is 1.19. The molecular formula is C9H22Y-2. The minimum atomic E-state index is 0. The van der Waals surface area contributed by atoms with Gasteiger partial charge in [0.25, 0.3) is 0 Å². The van der Waals surface area contributed by atoms with Crippen molar-refractivity contribution in [1.29, 1.82) is 0 Å². The summed E-state index contributed by atoms with van der Waals surface area (Å²) in [7, 11) is 0. The monoisotopic (exact) mass is 220 g/mol. The fourth-order valence-electron chi connectivity index (χ4n) is 0. The molecule has 0 heterocycles. The van der Waals surface area contributed by atoms with E-state index in [2.05, 4.69) is 48.5 Å². The molecule has 0 aromatic rings. The first-order chi connectivity index (χ1) is 3.73. The van der Waals surface area contributed by atoms with Gasteiger partial charge >= 0.3 is 0 Å². The van der Waals surface area contributed by atoms with E-state index in [0.29, 0.717) is 0 Å². The van der Waals surface area contributed by atoms with Crippen molar-refractivity contribution in [2.24, 2.45) is 5.41 Å². The van der Waals surface area contributed by atoms with E-state index >= 15 is 0 Å². The molecule has 0 aliphatic rings. The van der Waals surface area contributed by atoms with Crippen LogP contribution in [0.4, 0.5) is 0 Å². The molecule has 0 rings (SSSR count). The van der Waals surface area contributed by atoms with Crippen LogP contribution in [0.25, 0.3) is 0 Å². The third-order valence-corrected chi connectivity index (χ3v) is 0. The minimum absolute atomic E-state index is 0. The third-order valence-electron chi connectivity index (χ3n) is 0. The molecule has 63 valence electrons. The molecular weight excluding hydrogens is 197 g/mol. The summed E-state index contributed by atoms with van der Waals surface area (Å²) in [5.41, 5.74) is 0.250. The quantitative estimate of drug-likeness (QED) is 0.545.